The van der Waals surface area contributed by atoms with Crippen molar-refractivity contribution in [3.05, 3.63) is 108 Å². The number of fused-ring (bicyclic) bond motifs is 1. The van der Waals surface area contributed by atoms with E-state index in [9.17, 15) is 23.2 Å². The number of rotatable bonds is 4. The van der Waals surface area contributed by atoms with Crippen molar-refractivity contribution in [2.75, 3.05) is 5.32 Å². The Kier molecular flexibility index (Phi) is 5.70. The van der Waals surface area contributed by atoms with E-state index in [2.05, 4.69) is 21.5 Å². The van der Waals surface area contributed by atoms with Crippen LogP contribution in [0.2, 0.25) is 0 Å². The van der Waals surface area contributed by atoms with Crippen LogP contribution < -0.4 is 5.32 Å². The second-order valence-corrected chi connectivity index (χ2v) is 7.89. The number of carbonyl (C=O) groups is 1. The first-order valence-corrected chi connectivity index (χ1v) is 10.8. The van der Waals surface area contributed by atoms with Gasteiger partial charge < -0.3 is 5.32 Å². The number of nitrogens with one attached hydrogen (secondary N) is 1. The van der Waals surface area contributed by atoms with Crippen molar-refractivity contribution in [1.82, 2.24) is 14.6 Å². The molecule has 6 nitrogen and oxygen atoms in total. The molecule has 0 aliphatic carbocycles. The molecule has 5 rings (SSSR count). The average molecular weight is 483 g/mol. The van der Waals surface area contributed by atoms with Crippen LogP contribution in [-0.4, -0.2) is 20.5 Å². The van der Waals surface area contributed by atoms with Gasteiger partial charge in [-0.1, -0.05) is 36.4 Å². The number of hydrogen-bond donors (Lipinski definition) is 1. The molecule has 9 heteroatoms. The molecule has 1 amide bonds. The Morgan fingerprint density at radius 2 is 1.75 bits per heavy atom. The Hall–Kier alpha value is -4.97. The zero-order valence-corrected chi connectivity index (χ0v) is 18.5. The Bertz CT molecular complexity index is 1650. The quantitative estimate of drug-likeness (QED) is 0.330. The summed E-state index contributed by atoms with van der Waals surface area (Å²) in [6, 6.07) is 22.2. The van der Waals surface area contributed by atoms with Crippen LogP contribution in [0, 0.1) is 11.3 Å². The molecule has 0 bridgehead atoms. The van der Waals surface area contributed by atoms with E-state index in [4.69, 9.17) is 0 Å². The molecule has 0 aliphatic rings. The van der Waals surface area contributed by atoms with E-state index in [0.717, 1.165) is 12.1 Å². The van der Waals surface area contributed by atoms with Crippen LogP contribution >= 0.6 is 0 Å². The van der Waals surface area contributed by atoms with E-state index in [1.54, 1.807) is 53.3 Å². The van der Waals surface area contributed by atoms with E-state index in [0.29, 0.717) is 39.3 Å². The maximum Gasteiger partial charge on any atom is 0.416 e. The van der Waals surface area contributed by atoms with Gasteiger partial charge in [-0.15, -0.1) is 0 Å². The SMILES string of the molecule is N#Cc1ccccc1-c1cnn2c(-c3cccc(NC(=O)c4cccc(C(F)(F)F)c4)c3)ccnc12. The third kappa shape index (κ3) is 4.28. The predicted octanol–water partition coefficient (Wildman–Crippen LogP) is 6.21. The fourth-order valence-electron chi connectivity index (χ4n) is 3.91. The third-order valence-electron chi connectivity index (χ3n) is 5.61. The first-order valence-electron chi connectivity index (χ1n) is 10.8. The molecule has 0 atom stereocenters. The highest BCUT2D eigenvalue weighted by atomic mass is 19.4. The molecule has 176 valence electrons. The summed E-state index contributed by atoms with van der Waals surface area (Å²) in [7, 11) is 0. The van der Waals surface area contributed by atoms with E-state index in [1.807, 2.05) is 18.2 Å². The van der Waals surface area contributed by atoms with Gasteiger partial charge in [-0.05, 0) is 42.5 Å². The summed E-state index contributed by atoms with van der Waals surface area (Å²) in [5.41, 5.74) is 3.24. The fraction of sp³-hybridized carbons (Fsp3) is 0.0370. The van der Waals surface area contributed by atoms with Crippen LogP contribution in [0.4, 0.5) is 18.9 Å². The summed E-state index contributed by atoms with van der Waals surface area (Å²) in [5.74, 6) is -0.660. The van der Waals surface area contributed by atoms with Gasteiger partial charge in [0.25, 0.3) is 5.91 Å². The van der Waals surface area contributed by atoms with Crippen molar-refractivity contribution < 1.29 is 18.0 Å². The standard InChI is InChI=1S/C27H16F3N5O/c28-27(29,30)20-8-3-7-18(13-20)26(36)34-21-9-4-6-17(14-21)24-11-12-32-25-23(16-33-35(24)25)22-10-2-1-5-19(22)15-31/h1-14,16H,(H,34,36). The minimum absolute atomic E-state index is 0.102. The minimum Gasteiger partial charge on any atom is -0.322 e. The second-order valence-electron chi connectivity index (χ2n) is 7.89. The van der Waals surface area contributed by atoms with Crippen LogP contribution in [-0.2, 0) is 6.18 Å². The summed E-state index contributed by atoms with van der Waals surface area (Å²) in [4.78, 5) is 17.1. The van der Waals surface area contributed by atoms with Gasteiger partial charge in [-0.25, -0.2) is 9.50 Å². The average Bonchev–Trinajstić information content (AvgIpc) is 3.32. The van der Waals surface area contributed by atoms with Gasteiger partial charge in [0, 0.05) is 34.1 Å². The lowest BCUT2D eigenvalue weighted by Crippen LogP contribution is -2.14. The Morgan fingerprint density at radius 3 is 2.56 bits per heavy atom. The molecule has 3 aromatic carbocycles. The number of nitriles is 1. The maximum absolute atomic E-state index is 13.0. The van der Waals surface area contributed by atoms with Crippen molar-refractivity contribution in [2.24, 2.45) is 0 Å². The highest BCUT2D eigenvalue weighted by molar-refractivity contribution is 6.04. The molecule has 2 aromatic heterocycles. The molecule has 0 fully saturated rings. The number of aromatic nitrogens is 3. The van der Waals surface area contributed by atoms with Gasteiger partial charge in [0.2, 0.25) is 0 Å². The normalized spacial score (nSPS) is 11.3. The molecule has 2 heterocycles. The molecule has 0 saturated carbocycles. The molecule has 0 spiro atoms. The summed E-state index contributed by atoms with van der Waals surface area (Å²) in [5, 5.41) is 16.6. The minimum atomic E-state index is -4.54. The number of alkyl halides is 3. The summed E-state index contributed by atoms with van der Waals surface area (Å²) < 4.78 is 40.7. The van der Waals surface area contributed by atoms with E-state index in [-0.39, 0.29) is 5.56 Å². The number of carbonyl (C=O) groups excluding carboxylic acids is 1. The van der Waals surface area contributed by atoms with Crippen LogP contribution in [0.5, 0.6) is 0 Å². The molecule has 0 saturated heterocycles. The number of benzene rings is 3. The van der Waals surface area contributed by atoms with Crippen molar-refractivity contribution in [1.29, 1.82) is 5.26 Å². The van der Waals surface area contributed by atoms with Gasteiger partial charge in [0.1, 0.15) is 0 Å². The number of nitrogens with zero attached hydrogens (tertiary/aromatic N) is 4. The van der Waals surface area contributed by atoms with E-state index < -0.39 is 17.6 Å². The van der Waals surface area contributed by atoms with E-state index >= 15 is 0 Å². The smallest absolute Gasteiger partial charge is 0.322 e. The highest BCUT2D eigenvalue weighted by Crippen LogP contribution is 2.31. The second kappa shape index (κ2) is 9.00. The largest absolute Gasteiger partial charge is 0.416 e. The lowest BCUT2D eigenvalue weighted by Gasteiger charge is -2.11. The first-order chi connectivity index (χ1) is 17.3. The third-order valence-corrected chi connectivity index (χ3v) is 5.61. The fourth-order valence-corrected chi connectivity index (χ4v) is 3.91. The van der Waals surface area contributed by atoms with Gasteiger partial charge in [-0.2, -0.15) is 23.5 Å². The summed E-state index contributed by atoms with van der Waals surface area (Å²) >= 11 is 0. The van der Waals surface area contributed by atoms with Crippen molar-refractivity contribution in [3.63, 3.8) is 0 Å². The molecular formula is C27H16F3N5O. The Morgan fingerprint density at radius 1 is 0.944 bits per heavy atom. The first kappa shape index (κ1) is 22.8. The summed E-state index contributed by atoms with van der Waals surface area (Å²) in [6.45, 7) is 0. The molecular weight excluding hydrogens is 467 g/mol. The Balaban J connectivity index is 1.48. The van der Waals surface area contributed by atoms with Gasteiger partial charge in [-0.3, -0.25) is 4.79 Å². The van der Waals surface area contributed by atoms with Crippen molar-refractivity contribution >= 4 is 17.2 Å². The number of halogens is 3. The molecule has 0 aliphatic heterocycles. The lowest BCUT2D eigenvalue weighted by molar-refractivity contribution is -0.137. The number of amides is 1. The molecule has 0 unspecified atom stereocenters. The lowest BCUT2D eigenvalue weighted by atomic mass is 10.0. The molecule has 36 heavy (non-hydrogen) atoms. The zero-order valence-electron chi connectivity index (χ0n) is 18.5. The van der Waals surface area contributed by atoms with Crippen molar-refractivity contribution in [3.8, 4) is 28.5 Å². The van der Waals surface area contributed by atoms with Gasteiger partial charge >= 0.3 is 6.18 Å². The van der Waals surface area contributed by atoms with Gasteiger partial charge in [0.05, 0.1) is 29.1 Å². The molecule has 1 N–H and O–H groups in total. The zero-order chi connectivity index (χ0) is 25.3. The van der Waals surface area contributed by atoms with Crippen LogP contribution in [0.15, 0.2) is 91.3 Å². The molecule has 5 aromatic rings. The maximum atomic E-state index is 13.0. The highest BCUT2D eigenvalue weighted by Gasteiger charge is 2.30. The van der Waals surface area contributed by atoms with Gasteiger partial charge in [0.15, 0.2) is 5.65 Å². The predicted molar refractivity (Wildman–Crippen MR) is 128 cm³/mol. The van der Waals surface area contributed by atoms with Crippen LogP contribution in [0.3, 0.4) is 0 Å². The monoisotopic (exact) mass is 483 g/mol. The molecule has 0 radical (unpaired) electrons. The van der Waals surface area contributed by atoms with E-state index in [1.165, 1.54) is 12.1 Å². The summed E-state index contributed by atoms with van der Waals surface area (Å²) in [6.07, 6.45) is -1.28. The van der Waals surface area contributed by atoms with Crippen LogP contribution in [0.1, 0.15) is 21.5 Å². The van der Waals surface area contributed by atoms with Crippen molar-refractivity contribution in [2.45, 2.75) is 6.18 Å². The Labute approximate surface area is 203 Å². The number of hydrogen-bond acceptors (Lipinski definition) is 4. The topological polar surface area (TPSA) is 83.1 Å². The van der Waals surface area contributed by atoms with Crippen LogP contribution in [0.25, 0.3) is 28.0 Å². The number of anilines is 1.